The van der Waals surface area contributed by atoms with E-state index in [4.69, 9.17) is 9.47 Å². The maximum Gasteiger partial charge on any atom is 0.283 e. The summed E-state index contributed by atoms with van der Waals surface area (Å²) in [5, 5.41) is 3.16. The van der Waals surface area contributed by atoms with Gasteiger partial charge in [0.2, 0.25) is 0 Å². The molecule has 34 heavy (non-hydrogen) atoms. The molecule has 0 fully saturated rings. The second-order valence-electron chi connectivity index (χ2n) is 7.78. The van der Waals surface area contributed by atoms with E-state index >= 15 is 0 Å². The number of nitrogens with one attached hydrogen (secondary N) is 1. The first-order valence-corrected chi connectivity index (χ1v) is 11.7. The van der Waals surface area contributed by atoms with Gasteiger partial charge in [-0.3, -0.25) is 9.59 Å². The zero-order chi connectivity index (χ0) is 24.2. The molecule has 174 valence electrons. The zero-order valence-electron chi connectivity index (χ0n) is 19.5. The summed E-state index contributed by atoms with van der Waals surface area (Å²) in [5.41, 5.74) is 3.55. The largest absolute Gasteiger partial charge is 0.497 e. The van der Waals surface area contributed by atoms with Crippen LogP contribution in [0.5, 0.6) is 11.5 Å². The first-order valence-electron chi connectivity index (χ1n) is 10.9. The molecule has 0 aliphatic carbocycles. The third-order valence-corrected chi connectivity index (χ3v) is 6.64. The molecule has 0 saturated heterocycles. The Morgan fingerprint density at radius 1 is 0.882 bits per heavy atom. The number of methoxy groups -OCH3 is 2. The van der Waals surface area contributed by atoms with Crippen molar-refractivity contribution >= 4 is 35.0 Å². The van der Waals surface area contributed by atoms with E-state index in [1.54, 1.807) is 44.6 Å². The number of anilines is 2. The zero-order valence-corrected chi connectivity index (χ0v) is 20.4. The predicted octanol–water partition coefficient (Wildman–Crippen LogP) is 5.56. The van der Waals surface area contributed by atoms with Gasteiger partial charge >= 0.3 is 0 Å². The van der Waals surface area contributed by atoms with E-state index in [-0.39, 0.29) is 11.6 Å². The summed E-state index contributed by atoms with van der Waals surface area (Å²) < 4.78 is 10.8. The lowest BCUT2D eigenvalue weighted by Gasteiger charge is -2.16. The molecule has 7 heteroatoms. The SMILES string of the molecule is CCc1ccc(N2C(=O)C(Nc3ccc(OC)cc3OC)=C(Sc3ccc(C)cc3)C2=O)cc1. The number of carbonyl (C=O) groups excluding carboxylic acids is 2. The molecule has 3 aromatic rings. The Balaban J connectivity index is 1.75. The van der Waals surface area contributed by atoms with Crippen molar-refractivity contribution in [1.29, 1.82) is 0 Å². The van der Waals surface area contributed by atoms with Crippen LogP contribution in [0.4, 0.5) is 11.4 Å². The molecule has 0 saturated carbocycles. The van der Waals surface area contributed by atoms with Gasteiger partial charge in [-0.15, -0.1) is 0 Å². The lowest BCUT2D eigenvalue weighted by Crippen LogP contribution is -2.32. The number of hydrogen-bond donors (Lipinski definition) is 1. The first-order chi connectivity index (χ1) is 16.4. The van der Waals surface area contributed by atoms with Crippen LogP contribution in [0.25, 0.3) is 0 Å². The number of hydrogen-bond acceptors (Lipinski definition) is 6. The lowest BCUT2D eigenvalue weighted by molar-refractivity contribution is -0.120. The minimum Gasteiger partial charge on any atom is -0.497 e. The average Bonchev–Trinajstić information content (AvgIpc) is 3.09. The first kappa shape index (κ1) is 23.4. The fraction of sp³-hybridized carbons (Fsp3) is 0.185. The number of ether oxygens (including phenoxy) is 2. The monoisotopic (exact) mass is 474 g/mol. The molecule has 1 aliphatic rings. The second-order valence-corrected chi connectivity index (χ2v) is 8.86. The van der Waals surface area contributed by atoms with E-state index in [1.165, 1.54) is 16.7 Å². The molecular formula is C27H26N2O4S. The molecule has 6 nitrogen and oxygen atoms in total. The van der Waals surface area contributed by atoms with E-state index < -0.39 is 5.91 Å². The van der Waals surface area contributed by atoms with Crippen LogP contribution < -0.4 is 19.7 Å². The van der Waals surface area contributed by atoms with Gasteiger partial charge in [0.1, 0.15) is 22.1 Å². The van der Waals surface area contributed by atoms with Crippen LogP contribution in [0.1, 0.15) is 18.1 Å². The van der Waals surface area contributed by atoms with Crippen molar-refractivity contribution in [2.45, 2.75) is 25.2 Å². The molecule has 1 aliphatic heterocycles. The molecule has 3 aromatic carbocycles. The van der Waals surface area contributed by atoms with E-state index in [1.807, 2.05) is 43.3 Å². The molecule has 0 spiro atoms. The maximum absolute atomic E-state index is 13.6. The fourth-order valence-corrected chi connectivity index (χ4v) is 4.52. The number of nitrogens with zero attached hydrogens (tertiary/aromatic N) is 1. The quantitative estimate of drug-likeness (QED) is 0.431. The summed E-state index contributed by atoms with van der Waals surface area (Å²) >= 11 is 1.27. The number of rotatable bonds is 8. The number of carbonyl (C=O) groups is 2. The topological polar surface area (TPSA) is 67.9 Å². The Morgan fingerprint density at radius 3 is 2.21 bits per heavy atom. The van der Waals surface area contributed by atoms with Crippen LogP contribution in [-0.2, 0) is 16.0 Å². The Bertz CT molecular complexity index is 1250. The van der Waals surface area contributed by atoms with Crippen molar-refractivity contribution in [3.05, 3.63) is 88.5 Å². The van der Waals surface area contributed by atoms with Crippen LogP contribution in [-0.4, -0.2) is 26.0 Å². The highest BCUT2D eigenvalue weighted by atomic mass is 32.2. The Morgan fingerprint density at radius 2 is 1.59 bits per heavy atom. The van der Waals surface area contributed by atoms with Gasteiger partial charge in [0.05, 0.1) is 25.6 Å². The molecule has 0 unspecified atom stereocenters. The van der Waals surface area contributed by atoms with Crippen LogP contribution in [0.15, 0.2) is 82.2 Å². The highest BCUT2D eigenvalue weighted by molar-refractivity contribution is 8.04. The summed E-state index contributed by atoms with van der Waals surface area (Å²) in [5.74, 6) is 0.339. The second kappa shape index (κ2) is 10.1. The van der Waals surface area contributed by atoms with Crippen molar-refractivity contribution in [2.75, 3.05) is 24.4 Å². The third-order valence-electron chi connectivity index (χ3n) is 5.55. The molecule has 2 amide bonds. The Hall–Kier alpha value is -3.71. The summed E-state index contributed by atoms with van der Waals surface area (Å²) in [6.45, 7) is 4.06. The van der Waals surface area contributed by atoms with Gasteiger partial charge in [0.15, 0.2) is 0 Å². The summed E-state index contributed by atoms with van der Waals surface area (Å²) in [7, 11) is 3.11. The highest BCUT2D eigenvalue weighted by Gasteiger charge is 2.40. The van der Waals surface area contributed by atoms with Crippen LogP contribution in [0.3, 0.4) is 0 Å². The van der Waals surface area contributed by atoms with Gasteiger partial charge in [-0.25, -0.2) is 4.90 Å². The van der Waals surface area contributed by atoms with Crippen LogP contribution in [0.2, 0.25) is 0 Å². The number of amides is 2. The van der Waals surface area contributed by atoms with E-state index in [0.29, 0.717) is 27.8 Å². The Labute approximate surface area is 203 Å². The molecule has 0 bridgehead atoms. The number of imide groups is 1. The van der Waals surface area contributed by atoms with Crippen LogP contribution in [0, 0.1) is 6.92 Å². The molecule has 1 N–H and O–H groups in total. The highest BCUT2D eigenvalue weighted by Crippen LogP contribution is 2.39. The minimum absolute atomic E-state index is 0.207. The van der Waals surface area contributed by atoms with Crippen molar-refractivity contribution in [3.8, 4) is 11.5 Å². The predicted molar refractivity (Wildman–Crippen MR) is 136 cm³/mol. The van der Waals surface area contributed by atoms with Gasteiger partial charge in [0.25, 0.3) is 11.8 Å². The van der Waals surface area contributed by atoms with Gasteiger partial charge in [0, 0.05) is 11.0 Å². The molecular weight excluding hydrogens is 448 g/mol. The summed E-state index contributed by atoms with van der Waals surface area (Å²) in [4.78, 5) is 29.5. The van der Waals surface area contributed by atoms with E-state index in [9.17, 15) is 9.59 Å². The minimum atomic E-state index is -0.415. The lowest BCUT2D eigenvalue weighted by atomic mass is 10.1. The van der Waals surface area contributed by atoms with Crippen LogP contribution >= 0.6 is 11.8 Å². The van der Waals surface area contributed by atoms with Crippen molar-refractivity contribution < 1.29 is 19.1 Å². The Kier molecular flexibility index (Phi) is 6.93. The number of benzene rings is 3. The average molecular weight is 475 g/mol. The van der Waals surface area contributed by atoms with Gasteiger partial charge in [-0.05, 0) is 55.3 Å². The van der Waals surface area contributed by atoms with E-state index in [2.05, 4.69) is 12.2 Å². The molecule has 0 atom stereocenters. The summed E-state index contributed by atoms with van der Waals surface area (Å²) in [6.07, 6.45) is 0.874. The van der Waals surface area contributed by atoms with Crippen molar-refractivity contribution in [3.63, 3.8) is 0 Å². The third kappa shape index (κ3) is 4.65. The van der Waals surface area contributed by atoms with Crippen molar-refractivity contribution in [2.24, 2.45) is 0 Å². The molecule has 0 radical (unpaired) electrons. The standard InChI is InChI=1S/C27H26N2O4S/c1-5-18-8-10-19(11-9-18)29-26(30)24(28-22-15-12-20(32-3)16-23(22)33-4)25(27(29)31)34-21-13-6-17(2)7-14-21/h6-16,28H,5H2,1-4H3. The fourth-order valence-electron chi connectivity index (χ4n) is 3.59. The molecule has 4 rings (SSSR count). The molecule has 1 heterocycles. The normalized spacial score (nSPS) is 13.5. The van der Waals surface area contributed by atoms with Gasteiger partial charge in [-0.2, -0.15) is 0 Å². The number of thioether (sulfide) groups is 1. The number of aryl methyl sites for hydroxylation is 2. The smallest absolute Gasteiger partial charge is 0.283 e. The van der Waals surface area contributed by atoms with E-state index in [0.717, 1.165) is 22.4 Å². The molecule has 0 aromatic heterocycles. The maximum atomic E-state index is 13.6. The summed E-state index contributed by atoms with van der Waals surface area (Å²) in [6, 6.07) is 20.6. The van der Waals surface area contributed by atoms with Gasteiger partial charge < -0.3 is 14.8 Å². The van der Waals surface area contributed by atoms with Crippen molar-refractivity contribution in [1.82, 2.24) is 0 Å². The van der Waals surface area contributed by atoms with Gasteiger partial charge in [-0.1, -0.05) is 48.5 Å².